The van der Waals surface area contributed by atoms with Crippen LogP contribution in [0.3, 0.4) is 0 Å². The second kappa shape index (κ2) is 5.80. The Labute approximate surface area is 142 Å². The van der Waals surface area contributed by atoms with Crippen molar-refractivity contribution in [3.05, 3.63) is 11.6 Å². The van der Waals surface area contributed by atoms with Crippen LogP contribution in [0.25, 0.3) is 0 Å². The fraction of sp³-hybridized carbons (Fsp3) is 0.833. The monoisotopic (exact) mass is 340 g/mol. The van der Waals surface area contributed by atoms with Crippen molar-refractivity contribution < 1.29 is 29.2 Å². The van der Waals surface area contributed by atoms with Crippen LogP contribution in [0.2, 0.25) is 0 Å². The molecule has 0 spiro atoms. The van der Waals surface area contributed by atoms with Crippen LogP contribution in [0.15, 0.2) is 11.6 Å². The Hall–Kier alpha value is -0.950. The van der Waals surface area contributed by atoms with Crippen molar-refractivity contribution >= 4 is 5.97 Å². The van der Waals surface area contributed by atoms with Gasteiger partial charge >= 0.3 is 5.97 Å². The SMILES string of the molecule is CO[C@@H]1/C=C(\C)C[C@H](OC(C)=O)[C@]23O[C@@H](O)[C@@H]([C@H]1O)[C@H]2CC3(C)C. The molecule has 0 radical (unpaired) electrons. The predicted octanol–water partition coefficient (Wildman–Crippen LogP) is 1.39. The third kappa shape index (κ3) is 2.35. The largest absolute Gasteiger partial charge is 0.459 e. The zero-order chi connectivity index (χ0) is 17.9. The van der Waals surface area contributed by atoms with Crippen LogP contribution in [0.1, 0.15) is 40.5 Å². The van der Waals surface area contributed by atoms with Gasteiger partial charge < -0.3 is 24.4 Å². The minimum absolute atomic E-state index is 0.0844. The summed E-state index contributed by atoms with van der Waals surface area (Å²) in [6.07, 6.45) is 0.141. The summed E-state index contributed by atoms with van der Waals surface area (Å²) in [6.45, 7) is 7.44. The van der Waals surface area contributed by atoms with Crippen LogP contribution in [0.4, 0.5) is 0 Å². The van der Waals surface area contributed by atoms with E-state index in [1.165, 1.54) is 6.92 Å². The van der Waals surface area contributed by atoms with Crippen LogP contribution < -0.4 is 0 Å². The zero-order valence-corrected chi connectivity index (χ0v) is 15.0. The van der Waals surface area contributed by atoms with Crippen molar-refractivity contribution in [3.8, 4) is 0 Å². The maximum atomic E-state index is 11.7. The number of carbonyl (C=O) groups is 1. The Balaban J connectivity index is 2.10. The molecule has 3 aliphatic rings. The normalized spacial score (nSPS) is 48.9. The van der Waals surface area contributed by atoms with Crippen LogP contribution in [-0.2, 0) is 19.0 Å². The standard InChI is InChI=1S/C18H28O6/c1-9-6-12(22-5)15(20)14-11-8-17(3,4)18(11,24-16(14)21)13(7-9)23-10(2)19/h6,11-16,20-21H,7-8H2,1-5H3/b9-6+/t11-,12-,13+,14-,15+,16-,18-/m1/s1. The van der Waals surface area contributed by atoms with Crippen LogP contribution in [-0.4, -0.2) is 53.5 Å². The molecule has 1 aliphatic heterocycles. The lowest BCUT2D eigenvalue weighted by Gasteiger charge is -2.61. The first-order valence-corrected chi connectivity index (χ1v) is 8.55. The Kier molecular flexibility index (Phi) is 4.31. The van der Waals surface area contributed by atoms with Gasteiger partial charge in [0.05, 0.1) is 6.10 Å². The molecule has 2 N–H and O–H groups in total. The second-order valence-electron chi connectivity index (χ2n) is 8.08. The first-order chi connectivity index (χ1) is 11.1. The molecule has 0 unspecified atom stereocenters. The van der Waals surface area contributed by atoms with E-state index in [9.17, 15) is 15.0 Å². The second-order valence-corrected chi connectivity index (χ2v) is 8.08. The number of aliphatic hydroxyl groups is 2. The summed E-state index contributed by atoms with van der Waals surface area (Å²) in [7, 11) is 1.54. The molecule has 7 atom stereocenters. The minimum Gasteiger partial charge on any atom is -0.459 e. The van der Waals surface area contributed by atoms with E-state index in [-0.39, 0.29) is 17.3 Å². The van der Waals surface area contributed by atoms with Gasteiger partial charge in [0.15, 0.2) is 6.29 Å². The fourth-order valence-corrected chi connectivity index (χ4v) is 5.18. The molecule has 24 heavy (non-hydrogen) atoms. The average molecular weight is 340 g/mol. The zero-order valence-electron chi connectivity index (χ0n) is 15.0. The molecule has 3 rings (SSSR count). The number of esters is 1. The summed E-state index contributed by atoms with van der Waals surface area (Å²) < 4.78 is 17.2. The molecule has 0 amide bonds. The van der Waals surface area contributed by atoms with Gasteiger partial charge in [0.1, 0.15) is 17.8 Å². The maximum absolute atomic E-state index is 11.7. The summed E-state index contributed by atoms with van der Waals surface area (Å²) in [5, 5.41) is 21.4. The molecule has 6 nitrogen and oxygen atoms in total. The number of methoxy groups -OCH3 is 1. The molecule has 1 heterocycles. The van der Waals surface area contributed by atoms with Gasteiger partial charge in [-0.3, -0.25) is 4.79 Å². The van der Waals surface area contributed by atoms with Gasteiger partial charge in [0.2, 0.25) is 0 Å². The molecule has 2 aliphatic carbocycles. The number of carbonyl (C=O) groups excluding carboxylic acids is 1. The van der Waals surface area contributed by atoms with E-state index in [1.807, 2.05) is 13.0 Å². The summed E-state index contributed by atoms with van der Waals surface area (Å²) in [4.78, 5) is 11.7. The van der Waals surface area contributed by atoms with Gasteiger partial charge in [-0.15, -0.1) is 0 Å². The van der Waals surface area contributed by atoms with E-state index in [0.717, 1.165) is 12.0 Å². The van der Waals surface area contributed by atoms with Crippen molar-refractivity contribution in [2.75, 3.05) is 7.11 Å². The molecule has 2 fully saturated rings. The molecular formula is C18H28O6. The van der Waals surface area contributed by atoms with E-state index in [4.69, 9.17) is 14.2 Å². The molecule has 1 saturated carbocycles. The molecule has 2 bridgehead atoms. The Morgan fingerprint density at radius 2 is 2.04 bits per heavy atom. The third-order valence-corrected chi connectivity index (χ3v) is 6.19. The highest BCUT2D eigenvalue weighted by Crippen LogP contribution is 2.67. The number of ether oxygens (including phenoxy) is 3. The molecule has 0 aromatic rings. The van der Waals surface area contributed by atoms with Crippen molar-refractivity contribution in [2.45, 2.75) is 70.7 Å². The highest BCUT2D eigenvalue weighted by Gasteiger charge is 2.74. The molecular weight excluding hydrogens is 312 g/mol. The molecule has 6 heteroatoms. The number of hydrogen-bond acceptors (Lipinski definition) is 6. The van der Waals surface area contributed by atoms with Gasteiger partial charge in [-0.1, -0.05) is 25.5 Å². The van der Waals surface area contributed by atoms with E-state index in [0.29, 0.717) is 6.42 Å². The fourth-order valence-electron chi connectivity index (χ4n) is 5.18. The first-order valence-electron chi connectivity index (χ1n) is 8.55. The Morgan fingerprint density at radius 1 is 1.38 bits per heavy atom. The average Bonchev–Trinajstić information content (AvgIpc) is 2.73. The van der Waals surface area contributed by atoms with E-state index in [1.54, 1.807) is 7.11 Å². The lowest BCUT2D eigenvalue weighted by molar-refractivity contribution is -0.276. The van der Waals surface area contributed by atoms with Crippen LogP contribution in [0.5, 0.6) is 0 Å². The lowest BCUT2D eigenvalue weighted by atomic mass is 9.47. The quantitative estimate of drug-likeness (QED) is 0.584. The molecule has 0 aromatic heterocycles. The summed E-state index contributed by atoms with van der Waals surface area (Å²) >= 11 is 0. The minimum atomic E-state index is -1.10. The van der Waals surface area contributed by atoms with E-state index >= 15 is 0 Å². The Morgan fingerprint density at radius 3 is 2.58 bits per heavy atom. The van der Waals surface area contributed by atoms with Crippen LogP contribution in [0, 0.1) is 17.3 Å². The summed E-state index contributed by atoms with van der Waals surface area (Å²) in [5.74, 6) is -0.921. The number of hydrogen-bond donors (Lipinski definition) is 2. The highest BCUT2D eigenvalue weighted by atomic mass is 16.7. The number of aliphatic hydroxyl groups excluding tert-OH is 2. The van der Waals surface area contributed by atoms with Gasteiger partial charge in [-0.2, -0.15) is 0 Å². The van der Waals surface area contributed by atoms with Crippen molar-refractivity contribution in [3.63, 3.8) is 0 Å². The molecule has 1 saturated heterocycles. The van der Waals surface area contributed by atoms with Crippen molar-refractivity contribution in [1.82, 2.24) is 0 Å². The summed E-state index contributed by atoms with van der Waals surface area (Å²) in [5.41, 5.74) is -0.0874. The van der Waals surface area contributed by atoms with Gasteiger partial charge in [0, 0.05) is 32.3 Å². The van der Waals surface area contributed by atoms with Gasteiger partial charge in [-0.05, 0) is 18.8 Å². The molecule has 0 aromatic carbocycles. The lowest BCUT2D eigenvalue weighted by Crippen LogP contribution is -2.68. The first kappa shape index (κ1) is 17.9. The van der Waals surface area contributed by atoms with Gasteiger partial charge in [0.25, 0.3) is 0 Å². The van der Waals surface area contributed by atoms with Crippen molar-refractivity contribution in [2.24, 2.45) is 17.3 Å². The topological polar surface area (TPSA) is 85.2 Å². The number of rotatable bonds is 2. The van der Waals surface area contributed by atoms with Crippen molar-refractivity contribution in [1.29, 1.82) is 0 Å². The molecule has 136 valence electrons. The van der Waals surface area contributed by atoms with E-state index < -0.39 is 36.1 Å². The van der Waals surface area contributed by atoms with Crippen LogP contribution >= 0.6 is 0 Å². The Bertz CT molecular complexity index is 556. The maximum Gasteiger partial charge on any atom is 0.303 e. The van der Waals surface area contributed by atoms with E-state index in [2.05, 4.69) is 13.8 Å². The predicted molar refractivity (Wildman–Crippen MR) is 85.9 cm³/mol. The highest BCUT2D eigenvalue weighted by molar-refractivity contribution is 5.66. The van der Waals surface area contributed by atoms with Gasteiger partial charge in [-0.25, -0.2) is 0 Å². The smallest absolute Gasteiger partial charge is 0.303 e. The summed E-state index contributed by atoms with van der Waals surface area (Å²) in [6, 6.07) is 0. The third-order valence-electron chi connectivity index (χ3n) is 6.19.